The second-order valence-electron chi connectivity index (χ2n) is 29.0. The first-order valence-corrected chi connectivity index (χ1v) is 40.4. The molecule has 0 aliphatic carbocycles. The minimum Gasteiger partial charge on any atom is -0.462 e. The fraction of sp³-hybridized carbons (Fsp3) is 0.438. The third-order valence-electron chi connectivity index (χ3n) is 18.2. The molecule has 0 aliphatic heterocycles. The summed E-state index contributed by atoms with van der Waals surface area (Å²) in [5.41, 5.74) is 15.0. The van der Waals surface area contributed by atoms with Crippen LogP contribution < -0.4 is 26.6 Å². The van der Waals surface area contributed by atoms with Crippen LogP contribution >= 0.6 is 23.2 Å². The van der Waals surface area contributed by atoms with Gasteiger partial charge in [-0.25, -0.2) is 24.0 Å². The molecule has 0 saturated heterocycles. The van der Waals surface area contributed by atoms with Crippen LogP contribution in [0.4, 0.5) is 28.4 Å². The molecule has 10 rings (SSSR count). The van der Waals surface area contributed by atoms with Gasteiger partial charge in [0.05, 0.1) is 94.1 Å². The summed E-state index contributed by atoms with van der Waals surface area (Å²) in [5.74, 6) is -1.76. The number of anilines is 5. The van der Waals surface area contributed by atoms with Gasteiger partial charge in [0.2, 0.25) is 0 Å². The number of hydrogen-bond acceptors (Lipinski definition) is 25. The van der Waals surface area contributed by atoms with Gasteiger partial charge in [-0.3, -0.25) is 24.9 Å². The second kappa shape index (κ2) is 49.1. The van der Waals surface area contributed by atoms with Gasteiger partial charge in [-0.05, 0) is 257 Å². The highest BCUT2D eigenvalue weighted by atomic mass is 35.5. The lowest BCUT2D eigenvalue weighted by atomic mass is 10.0. The highest BCUT2D eigenvalue weighted by molar-refractivity contribution is 6.39. The van der Waals surface area contributed by atoms with E-state index in [1.165, 1.54) is 17.3 Å². The summed E-state index contributed by atoms with van der Waals surface area (Å²) in [4.78, 5) is 93.7. The van der Waals surface area contributed by atoms with E-state index in [1.807, 2.05) is 104 Å². The van der Waals surface area contributed by atoms with Crippen LogP contribution in [0.3, 0.4) is 0 Å². The molecule has 0 saturated carbocycles. The van der Waals surface area contributed by atoms with Crippen molar-refractivity contribution in [3.05, 3.63) is 176 Å². The molecule has 626 valence electrons. The Bertz CT molecular complexity index is 4830. The van der Waals surface area contributed by atoms with Crippen molar-refractivity contribution < 1.29 is 47.7 Å². The quantitative estimate of drug-likeness (QED) is 0.0140. The molecule has 0 atom stereocenters. The number of halogens is 2. The van der Waals surface area contributed by atoms with Crippen molar-refractivity contribution in [1.82, 2.24) is 49.4 Å². The van der Waals surface area contributed by atoms with Crippen molar-refractivity contribution in [2.45, 2.75) is 94.4 Å². The van der Waals surface area contributed by atoms with Gasteiger partial charge in [0.15, 0.2) is 0 Å². The zero-order chi connectivity index (χ0) is 85.0. The summed E-state index contributed by atoms with van der Waals surface area (Å²) < 4.78 is 25.8. The highest BCUT2D eigenvalue weighted by Crippen LogP contribution is 2.36. The minimum atomic E-state index is -0.418. The minimum absolute atomic E-state index is 0.299. The van der Waals surface area contributed by atoms with Crippen LogP contribution in [0.15, 0.2) is 116 Å². The van der Waals surface area contributed by atoms with E-state index < -0.39 is 5.97 Å². The molecule has 5 aromatic heterocycles. The maximum absolute atomic E-state index is 12.3. The number of ether oxygens (including phenoxy) is 5. The molecule has 0 fully saturated rings. The van der Waals surface area contributed by atoms with E-state index in [2.05, 4.69) is 150 Å². The number of benzene rings is 5. The number of carbonyl (C=O) groups excluding carboxylic acids is 5. The lowest BCUT2D eigenvalue weighted by Crippen LogP contribution is -2.17. The number of nitrogens with one attached hydrogen (secondary N) is 5. The molecular formula is C89H121Cl2N15O10. The molecule has 10 aromatic rings. The first-order valence-electron chi connectivity index (χ1n) is 39.7. The van der Waals surface area contributed by atoms with Gasteiger partial charge in [0.1, 0.15) is 27.8 Å². The van der Waals surface area contributed by atoms with Crippen LogP contribution in [-0.4, -0.2) is 248 Å². The fourth-order valence-corrected chi connectivity index (χ4v) is 12.9. The normalized spacial score (nSPS) is 11.0. The molecule has 5 aromatic carbocycles. The number of aromatic nitrogens is 5. The molecule has 5 N–H and O–H groups in total. The summed E-state index contributed by atoms with van der Waals surface area (Å²) in [6.07, 6.45) is 12.8. The highest BCUT2D eigenvalue weighted by Gasteiger charge is 2.23. The third kappa shape index (κ3) is 29.0. The Hall–Kier alpha value is -10.1. The van der Waals surface area contributed by atoms with Crippen molar-refractivity contribution in [3.63, 3.8) is 0 Å². The van der Waals surface area contributed by atoms with E-state index in [0.717, 1.165) is 168 Å². The molecule has 25 nitrogen and oxygen atoms in total. The largest absolute Gasteiger partial charge is 0.462 e. The van der Waals surface area contributed by atoms with Crippen molar-refractivity contribution in [1.29, 1.82) is 0 Å². The zero-order valence-corrected chi connectivity index (χ0v) is 72.9. The average molecular weight is 1630 g/mol. The molecule has 0 spiro atoms. The number of carbonyl (C=O) groups is 5. The lowest BCUT2D eigenvalue weighted by molar-refractivity contribution is 0.0517. The van der Waals surface area contributed by atoms with E-state index in [1.54, 1.807) is 64.6 Å². The van der Waals surface area contributed by atoms with E-state index in [0.29, 0.717) is 94.0 Å². The van der Waals surface area contributed by atoms with Gasteiger partial charge < -0.3 is 74.8 Å². The van der Waals surface area contributed by atoms with Gasteiger partial charge in [-0.1, -0.05) is 71.2 Å². The van der Waals surface area contributed by atoms with Gasteiger partial charge in [-0.15, -0.1) is 0 Å². The molecule has 0 unspecified atom stereocenters. The number of nitrogens with zero attached hydrogens (tertiary/aromatic N) is 10. The monoisotopic (exact) mass is 1630 g/mol. The lowest BCUT2D eigenvalue weighted by Gasteiger charge is -2.16. The molecular weight excluding hydrogens is 1510 g/mol. The zero-order valence-electron chi connectivity index (χ0n) is 71.4. The summed E-state index contributed by atoms with van der Waals surface area (Å²) >= 11 is 12.4. The topological polar surface area (TPSA) is 272 Å². The maximum atomic E-state index is 12.3. The maximum Gasteiger partial charge on any atom is 0.341 e. The first kappa shape index (κ1) is 94.7. The number of para-hydroxylation sites is 2. The molecule has 27 heteroatoms. The summed E-state index contributed by atoms with van der Waals surface area (Å²) in [7, 11) is 20.4. The van der Waals surface area contributed by atoms with Crippen LogP contribution in [0.5, 0.6) is 0 Å². The molecule has 0 bridgehead atoms. The fourth-order valence-electron chi connectivity index (χ4n) is 12.3. The SMILES string of the molecule is CCOC(=O)c1cnc2c(C)cccc2c1NCCCN(C)C.CCOC(=O)c1cnc2c(Cl)cc(Cl)cc2c1NCCCN(C)C.CCOC(=O)c1cnc2cc(C)c(C)cc2c1NCCCN(C)C.CCOC(=O)c1cnc2ccc(C)cc2c1NCCCN(C)C.CCOC(=O)c1cnc2ccccc2c1NCCCN(C)C. The number of aryl methyl sites for hydroxylation is 4. The third-order valence-corrected chi connectivity index (χ3v) is 18.7. The second-order valence-corrected chi connectivity index (χ2v) is 29.8. The van der Waals surface area contributed by atoms with Gasteiger partial charge >= 0.3 is 29.8 Å². The van der Waals surface area contributed by atoms with Crippen molar-refractivity contribution >= 4 is 136 Å². The number of hydrogen-bond donors (Lipinski definition) is 5. The Morgan fingerprint density at radius 2 is 0.655 bits per heavy atom. The standard InChI is InChI=1S/C19H27N3O2.2C18H25N3O2.C17H21Cl2N3O2.C17H23N3O2/c1-6-24-19(23)16-12-21-17-11-14(3)13(2)10-15(17)18(16)20-8-7-9-22(4)5;1-5-23-18(22)15-12-20-16-8-7-13(2)11-14(16)17(15)19-9-6-10-21(3)4;1-5-23-18(22)15-12-20-16-13(2)8-6-9-14(16)17(15)19-10-7-11-21(3)4;1-4-24-17(23)13-10-21-16-12(8-11(18)9-14(16)19)15(13)20-6-5-7-22(2)3;1-4-22-17(21)14-12-19-15-9-6-5-8-13(15)16(14)18-10-7-11-20(2)3/h10-12H,6-9H2,1-5H3,(H,20,21);7-8,11-12H,5-6,9-10H2,1-4H3,(H,19,20);6,8-9,12H,5,7,10-11H2,1-4H3,(H,19,20);8-10H,4-7H2,1-3H3,(H,20,21);5-6,8-9,12H,4,7,10-11H2,1-3H3,(H,18,19). The predicted octanol–water partition coefficient (Wildman–Crippen LogP) is 16.4. The first-order chi connectivity index (χ1) is 55.6. The van der Waals surface area contributed by atoms with Crippen LogP contribution in [0, 0.1) is 27.7 Å². The Morgan fingerprint density at radius 1 is 0.328 bits per heavy atom. The van der Waals surface area contributed by atoms with Crippen molar-refractivity contribution in [2.24, 2.45) is 0 Å². The van der Waals surface area contributed by atoms with Crippen LogP contribution in [0.2, 0.25) is 10.0 Å². The number of rotatable bonds is 35. The van der Waals surface area contributed by atoms with Crippen LogP contribution in [0.25, 0.3) is 54.5 Å². The Labute approximate surface area is 695 Å². The van der Waals surface area contributed by atoms with Crippen molar-refractivity contribution in [3.8, 4) is 0 Å². The molecule has 0 amide bonds. The van der Waals surface area contributed by atoms with Gasteiger partial charge in [0.25, 0.3) is 0 Å². The van der Waals surface area contributed by atoms with E-state index in [9.17, 15) is 24.0 Å². The molecule has 0 radical (unpaired) electrons. The Kier molecular flexibility index (Phi) is 40.1. The Morgan fingerprint density at radius 3 is 1.06 bits per heavy atom. The van der Waals surface area contributed by atoms with E-state index in [4.69, 9.17) is 46.9 Å². The summed E-state index contributed by atoms with van der Waals surface area (Å²) in [6, 6.07) is 27.4. The Balaban J connectivity index is 0.000000225. The van der Waals surface area contributed by atoms with E-state index >= 15 is 0 Å². The smallest absolute Gasteiger partial charge is 0.341 e. The average Bonchev–Trinajstić information content (AvgIpc) is 0.809. The molecule has 116 heavy (non-hydrogen) atoms. The number of esters is 5. The number of pyridine rings is 5. The van der Waals surface area contributed by atoms with Crippen LogP contribution in [0.1, 0.15) is 141 Å². The molecule has 5 heterocycles. The van der Waals surface area contributed by atoms with Crippen molar-refractivity contribution in [2.75, 3.05) is 196 Å². The van der Waals surface area contributed by atoms with Gasteiger partial charge in [-0.2, -0.15) is 0 Å². The summed E-state index contributed by atoms with van der Waals surface area (Å²) in [6.45, 7) is 27.7. The molecule has 0 aliphatic rings. The van der Waals surface area contributed by atoms with E-state index in [-0.39, 0.29) is 23.9 Å². The summed E-state index contributed by atoms with van der Waals surface area (Å²) in [5, 5.41) is 22.4. The van der Waals surface area contributed by atoms with Crippen LogP contribution in [-0.2, 0) is 23.7 Å². The van der Waals surface area contributed by atoms with Gasteiger partial charge in [0, 0.05) is 95.7 Å². The predicted molar refractivity (Wildman–Crippen MR) is 476 cm³/mol. The number of fused-ring (bicyclic) bond motifs is 5.